The first-order chi connectivity index (χ1) is 14.0. The summed E-state index contributed by atoms with van der Waals surface area (Å²) in [6.45, 7) is -0.409. The average molecular weight is 418 g/mol. The molecule has 0 aliphatic rings. The van der Waals surface area contributed by atoms with E-state index in [0.29, 0.717) is 5.69 Å². The Kier molecular flexibility index (Phi) is 8.65. The summed E-state index contributed by atoms with van der Waals surface area (Å²) in [5.74, 6) is -2.07. The molecule has 0 radical (unpaired) electrons. The summed E-state index contributed by atoms with van der Waals surface area (Å²) >= 11 is 5.90. The van der Waals surface area contributed by atoms with Crippen molar-refractivity contribution in [2.45, 2.75) is 19.3 Å². The largest absolute Gasteiger partial charge is 0.456 e. The van der Waals surface area contributed by atoms with E-state index in [4.69, 9.17) is 16.3 Å². The number of carbonyl (C=O) groups is 4. The molecular weight excluding hydrogens is 398 g/mol. The Morgan fingerprint density at radius 1 is 0.828 bits per heavy atom. The third-order valence-electron chi connectivity index (χ3n) is 3.64. The molecule has 152 valence electrons. The van der Waals surface area contributed by atoms with Gasteiger partial charge in [-0.2, -0.15) is 0 Å². The van der Waals surface area contributed by atoms with Crippen LogP contribution < -0.4 is 16.2 Å². The van der Waals surface area contributed by atoms with E-state index in [2.05, 4.69) is 16.2 Å². The van der Waals surface area contributed by atoms with Gasteiger partial charge in [0.25, 0.3) is 11.8 Å². The van der Waals surface area contributed by atoms with Gasteiger partial charge in [0.15, 0.2) is 6.61 Å². The van der Waals surface area contributed by atoms with Gasteiger partial charge in [-0.05, 0) is 30.7 Å². The average Bonchev–Trinajstić information content (AvgIpc) is 2.71. The number of anilines is 1. The lowest BCUT2D eigenvalue weighted by atomic mass is 10.2. The maximum absolute atomic E-state index is 11.9. The summed E-state index contributed by atoms with van der Waals surface area (Å²) in [5.41, 5.74) is 5.32. The zero-order chi connectivity index (χ0) is 21.1. The molecule has 0 saturated heterocycles. The van der Waals surface area contributed by atoms with Crippen LogP contribution in [0.4, 0.5) is 5.69 Å². The number of hydrogen-bond acceptors (Lipinski definition) is 5. The fourth-order valence-electron chi connectivity index (χ4n) is 2.23. The number of amides is 3. The Morgan fingerprint density at radius 3 is 2.24 bits per heavy atom. The molecule has 0 fully saturated rings. The minimum atomic E-state index is -0.596. The Labute approximate surface area is 172 Å². The molecular formula is C20H20ClN3O5. The molecule has 29 heavy (non-hydrogen) atoms. The maximum Gasteiger partial charge on any atom is 0.306 e. The first-order valence-electron chi connectivity index (χ1n) is 8.80. The molecule has 0 unspecified atom stereocenters. The summed E-state index contributed by atoms with van der Waals surface area (Å²) < 4.78 is 4.86. The SMILES string of the molecule is O=C(CCCC(=O)OCC(=O)Nc1ccccc1)NNC(=O)c1ccccc1Cl. The smallest absolute Gasteiger partial charge is 0.306 e. The monoisotopic (exact) mass is 417 g/mol. The van der Waals surface area contributed by atoms with Crippen molar-refractivity contribution in [2.24, 2.45) is 0 Å². The van der Waals surface area contributed by atoms with Crippen LogP contribution in [0.2, 0.25) is 5.02 Å². The van der Waals surface area contributed by atoms with Crippen LogP contribution in [0.3, 0.4) is 0 Å². The van der Waals surface area contributed by atoms with E-state index in [1.807, 2.05) is 6.07 Å². The first-order valence-corrected chi connectivity index (χ1v) is 9.17. The van der Waals surface area contributed by atoms with E-state index in [1.165, 1.54) is 6.07 Å². The number of hydrazine groups is 1. The van der Waals surface area contributed by atoms with Gasteiger partial charge in [0.1, 0.15) is 0 Å². The minimum Gasteiger partial charge on any atom is -0.456 e. The first kappa shape index (κ1) is 21.9. The van der Waals surface area contributed by atoms with Gasteiger partial charge in [-0.3, -0.25) is 30.0 Å². The third-order valence-corrected chi connectivity index (χ3v) is 3.97. The molecule has 2 aromatic rings. The number of rotatable bonds is 8. The fraction of sp³-hybridized carbons (Fsp3) is 0.200. The molecule has 0 bridgehead atoms. The maximum atomic E-state index is 11.9. The number of ether oxygens (including phenoxy) is 1. The number of esters is 1. The Morgan fingerprint density at radius 2 is 1.52 bits per heavy atom. The van der Waals surface area contributed by atoms with Crippen molar-refractivity contribution in [3.8, 4) is 0 Å². The van der Waals surface area contributed by atoms with Gasteiger partial charge in [-0.1, -0.05) is 41.9 Å². The molecule has 8 nitrogen and oxygen atoms in total. The number of nitrogens with one attached hydrogen (secondary N) is 3. The minimum absolute atomic E-state index is 0.00584. The molecule has 3 N–H and O–H groups in total. The van der Waals surface area contributed by atoms with Gasteiger partial charge in [-0.25, -0.2) is 0 Å². The van der Waals surface area contributed by atoms with Crippen molar-refractivity contribution < 1.29 is 23.9 Å². The number of para-hydroxylation sites is 1. The van der Waals surface area contributed by atoms with Crippen molar-refractivity contribution >= 4 is 41.0 Å². The van der Waals surface area contributed by atoms with Crippen LogP contribution in [0.1, 0.15) is 29.6 Å². The zero-order valence-corrected chi connectivity index (χ0v) is 16.2. The van der Waals surface area contributed by atoms with E-state index in [1.54, 1.807) is 42.5 Å². The molecule has 0 aliphatic carbocycles. The summed E-state index contributed by atoms with van der Waals surface area (Å²) in [5, 5.41) is 2.85. The van der Waals surface area contributed by atoms with E-state index in [9.17, 15) is 19.2 Å². The molecule has 0 heterocycles. The molecule has 0 spiro atoms. The second-order valence-corrected chi connectivity index (χ2v) is 6.32. The lowest BCUT2D eigenvalue weighted by molar-refractivity contribution is -0.147. The summed E-state index contributed by atoms with van der Waals surface area (Å²) in [4.78, 5) is 47.0. The van der Waals surface area contributed by atoms with Crippen molar-refractivity contribution in [1.29, 1.82) is 0 Å². The molecule has 0 saturated carbocycles. The summed E-state index contributed by atoms with van der Waals surface area (Å²) in [6, 6.07) is 15.2. The second-order valence-electron chi connectivity index (χ2n) is 5.91. The second kappa shape index (κ2) is 11.5. The van der Waals surface area contributed by atoms with Crippen molar-refractivity contribution in [3.63, 3.8) is 0 Å². The third kappa shape index (κ3) is 8.02. The highest BCUT2D eigenvalue weighted by Gasteiger charge is 2.12. The van der Waals surface area contributed by atoms with Crippen LogP contribution in [0.15, 0.2) is 54.6 Å². The Bertz CT molecular complexity index is 873. The number of halogens is 1. The van der Waals surface area contributed by atoms with Gasteiger partial charge in [0.05, 0.1) is 10.6 Å². The van der Waals surface area contributed by atoms with Gasteiger partial charge in [0.2, 0.25) is 5.91 Å². The van der Waals surface area contributed by atoms with Crippen LogP contribution in [-0.2, 0) is 19.1 Å². The number of benzene rings is 2. The molecule has 0 atom stereocenters. The highest BCUT2D eigenvalue weighted by molar-refractivity contribution is 6.33. The van der Waals surface area contributed by atoms with E-state index >= 15 is 0 Å². The van der Waals surface area contributed by atoms with E-state index < -0.39 is 30.3 Å². The van der Waals surface area contributed by atoms with Crippen molar-refractivity contribution in [1.82, 2.24) is 10.9 Å². The summed E-state index contributed by atoms with van der Waals surface area (Å²) in [6.07, 6.45) is 0.158. The molecule has 0 aliphatic heterocycles. The van der Waals surface area contributed by atoms with Gasteiger partial charge in [-0.15, -0.1) is 0 Å². The van der Waals surface area contributed by atoms with Crippen LogP contribution in [0.25, 0.3) is 0 Å². The van der Waals surface area contributed by atoms with Crippen LogP contribution in [-0.4, -0.2) is 30.3 Å². The van der Waals surface area contributed by atoms with Gasteiger partial charge < -0.3 is 10.1 Å². The van der Waals surface area contributed by atoms with Crippen molar-refractivity contribution in [2.75, 3.05) is 11.9 Å². The van der Waals surface area contributed by atoms with Crippen molar-refractivity contribution in [3.05, 3.63) is 65.2 Å². The fourth-order valence-corrected chi connectivity index (χ4v) is 2.45. The molecule has 0 aromatic heterocycles. The molecule has 2 rings (SSSR count). The Balaban J connectivity index is 1.59. The predicted octanol–water partition coefficient (Wildman–Crippen LogP) is 2.45. The van der Waals surface area contributed by atoms with Crippen LogP contribution in [0.5, 0.6) is 0 Å². The number of carbonyl (C=O) groups excluding carboxylic acids is 4. The summed E-state index contributed by atoms with van der Waals surface area (Å²) in [7, 11) is 0. The highest BCUT2D eigenvalue weighted by Crippen LogP contribution is 2.14. The lowest BCUT2D eigenvalue weighted by Gasteiger charge is -2.08. The zero-order valence-electron chi connectivity index (χ0n) is 15.4. The number of hydrogen-bond donors (Lipinski definition) is 3. The molecule has 2 aromatic carbocycles. The van der Waals surface area contributed by atoms with Gasteiger partial charge >= 0.3 is 5.97 Å². The topological polar surface area (TPSA) is 114 Å². The van der Waals surface area contributed by atoms with Crippen LogP contribution in [0, 0.1) is 0 Å². The lowest BCUT2D eigenvalue weighted by Crippen LogP contribution is -2.41. The Hall–Kier alpha value is -3.39. The normalized spacial score (nSPS) is 9.97. The molecule has 3 amide bonds. The van der Waals surface area contributed by atoms with E-state index in [-0.39, 0.29) is 29.8 Å². The standard InChI is InChI=1S/C20H20ClN3O5/c21-16-10-5-4-9-15(16)20(28)24-23-17(25)11-6-12-19(27)29-13-18(26)22-14-7-2-1-3-8-14/h1-5,7-10H,6,11-13H2,(H,22,26)(H,23,25)(H,24,28). The van der Waals surface area contributed by atoms with E-state index in [0.717, 1.165) is 0 Å². The highest BCUT2D eigenvalue weighted by atomic mass is 35.5. The predicted molar refractivity (Wildman–Crippen MR) is 107 cm³/mol. The van der Waals surface area contributed by atoms with Gasteiger partial charge in [0, 0.05) is 18.5 Å². The quantitative estimate of drug-likeness (QED) is 0.451. The van der Waals surface area contributed by atoms with Crippen LogP contribution >= 0.6 is 11.6 Å². The molecule has 9 heteroatoms.